The van der Waals surface area contributed by atoms with Crippen molar-refractivity contribution >= 4 is 11.6 Å². The molecule has 7 heteroatoms. The molecule has 0 saturated carbocycles. The van der Waals surface area contributed by atoms with Crippen LogP contribution in [-0.2, 0) is 17.8 Å². The van der Waals surface area contributed by atoms with Crippen molar-refractivity contribution in [1.82, 2.24) is 19.7 Å². The minimum Gasteiger partial charge on any atom is -0.349 e. The van der Waals surface area contributed by atoms with E-state index in [1.807, 2.05) is 72.3 Å². The molecule has 0 N–H and O–H groups in total. The third-order valence-corrected chi connectivity index (χ3v) is 4.82. The number of hydrogen-bond donors (Lipinski definition) is 0. The van der Waals surface area contributed by atoms with Gasteiger partial charge in [-0.05, 0) is 11.6 Å². The van der Waals surface area contributed by atoms with Gasteiger partial charge in [0.25, 0.3) is 5.89 Å². The summed E-state index contributed by atoms with van der Waals surface area (Å²) in [4.78, 5) is 8.71. The van der Waals surface area contributed by atoms with Crippen LogP contribution < -0.4 is 0 Å². The van der Waals surface area contributed by atoms with E-state index in [0.717, 1.165) is 5.56 Å². The smallest absolute Gasteiger partial charge is 0.278 e. The molecule has 138 valence electrons. The van der Waals surface area contributed by atoms with Gasteiger partial charge in [-0.3, -0.25) is 0 Å². The molecule has 0 bridgehead atoms. The summed E-state index contributed by atoms with van der Waals surface area (Å²) in [6, 6.07) is 9.68. The summed E-state index contributed by atoms with van der Waals surface area (Å²) in [6.07, 6.45) is 11.9. The largest absolute Gasteiger partial charge is 0.349 e. The third-order valence-electron chi connectivity index (χ3n) is 4.36. The van der Waals surface area contributed by atoms with Gasteiger partial charge < -0.3 is 13.8 Å². The fourth-order valence-corrected chi connectivity index (χ4v) is 3.20. The molecule has 3 aromatic rings. The SMILES string of the molecule is CCc1noc(-c2cn(C3C=CC=CC3(Cl)OCc3ccccc3)cn2)n1. The minimum absolute atomic E-state index is 0.261. The Morgan fingerprint density at radius 3 is 2.89 bits per heavy atom. The van der Waals surface area contributed by atoms with Gasteiger partial charge in [0.05, 0.1) is 19.0 Å². The number of benzene rings is 1. The van der Waals surface area contributed by atoms with E-state index in [1.54, 1.807) is 6.33 Å². The Morgan fingerprint density at radius 2 is 2.11 bits per heavy atom. The number of imidazole rings is 1. The first-order valence-electron chi connectivity index (χ1n) is 8.77. The molecule has 6 nitrogen and oxygen atoms in total. The van der Waals surface area contributed by atoms with Crippen LogP contribution >= 0.6 is 11.6 Å². The Bertz CT molecular complexity index is 963. The van der Waals surface area contributed by atoms with Crippen LogP contribution in [0, 0.1) is 0 Å². The second-order valence-corrected chi connectivity index (χ2v) is 6.83. The van der Waals surface area contributed by atoms with Crippen molar-refractivity contribution in [2.45, 2.75) is 31.1 Å². The van der Waals surface area contributed by atoms with Crippen LogP contribution in [0.25, 0.3) is 11.6 Å². The number of aryl methyl sites for hydroxylation is 1. The zero-order chi connectivity index (χ0) is 18.7. The van der Waals surface area contributed by atoms with Gasteiger partial charge in [-0.25, -0.2) is 4.98 Å². The van der Waals surface area contributed by atoms with E-state index in [0.29, 0.717) is 30.4 Å². The lowest BCUT2D eigenvalue weighted by molar-refractivity contribution is 0.0154. The van der Waals surface area contributed by atoms with Crippen molar-refractivity contribution < 1.29 is 9.26 Å². The third kappa shape index (κ3) is 3.72. The Kier molecular flexibility index (Phi) is 4.92. The average Bonchev–Trinajstić information content (AvgIpc) is 3.37. The van der Waals surface area contributed by atoms with Gasteiger partial charge in [0.2, 0.25) is 0 Å². The fourth-order valence-electron chi connectivity index (χ4n) is 2.89. The Labute approximate surface area is 162 Å². The van der Waals surface area contributed by atoms with Gasteiger partial charge in [-0.2, -0.15) is 4.98 Å². The number of nitrogens with zero attached hydrogens (tertiary/aromatic N) is 4. The molecule has 0 radical (unpaired) electrons. The minimum atomic E-state index is -1.02. The molecule has 1 aliphatic carbocycles. The van der Waals surface area contributed by atoms with E-state index in [-0.39, 0.29) is 6.04 Å². The molecule has 27 heavy (non-hydrogen) atoms. The second-order valence-electron chi connectivity index (χ2n) is 6.24. The molecule has 0 fully saturated rings. The molecule has 2 heterocycles. The number of rotatable bonds is 6. The monoisotopic (exact) mass is 382 g/mol. The molecule has 1 aliphatic rings. The lowest BCUT2D eigenvalue weighted by Crippen LogP contribution is -2.34. The topological polar surface area (TPSA) is 66.0 Å². The molecule has 2 aromatic heterocycles. The average molecular weight is 383 g/mol. The van der Waals surface area contributed by atoms with Crippen LogP contribution in [0.5, 0.6) is 0 Å². The van der Waals surface area contributed by atoms with Gasteiger partial charge >= 0.3 is 0 Å². The maximum atomic E-state index is 6.85. The van der Waals surface area contributed by atoms with E-state index in [2.05, 4.69) is 15.1 Å². The predicted molar refractivity (Wildman–Crippen MR) is 102 cm³/mol. The van der Waals surface area contributed by atoms with E-state index < -0.39 is 5.06 Å². The number of aromatic nitrogens is 4. The Hall–Kier alpha value is -2.70. The Balaban J connectivity index is 1.55. The van der Waals surface area contributed by atoms with Crippen LogP contribution in [0.2, 0.25) is 0 Å². The molecule has 0 amide bonds. The number of ether oxygens (including phenoxy) is 1. The molecule has 1 aromatic carbocycles. The van der Waals surface area contributed by atoms with E-state index in [1.165, 1.54) is 0 Å². The first-order valence-corrected chi connectivity index (χ1v) is 9.15. The number of allylic oxidation sites excluding steroid dienone is 2. The normalized spacial score (nSPS) is 21.6. The van der Waals surface area contributed by atoms with Crippen LogP contribution in [0.4, 0.5) is 0 Å². The molecular weight excluding hydrogens is 364 g/mol. The van der Waals surface area contributed by atoms with Gasteiger partial charge in [0, 0.05) is 12.6 Å². The van der Waals surface area contributed by atoms with Crippen molar-refractivity contribution in [2.75, 3.05) is 0 Å². The molecule has 0 aliphatic heterocycles. The summed E-state index contributed by atoms with van der Waals surface area (Å²) in [5.41, 5.74) is 1.66. The highest BCUT2D eigenvalue weighted by Crippen LogP contribution is 2.37. The summed E-state index contributed by atoms with van der Waals surface area (Å²) >= 11 is 6.85. The molecule has 4 rings (SSSR count). The maximum Gasteiger partial charge on any atom is 0.278 e. The quantitative estimate of drug-likeness (QED) is 0.594. The molecular formula is C20H19ClN4O2. The molecule has 2 unspecified atom stereocenters. The lowest BCUT2D eigenvalue weighted by Gasteiger charge is -2.33. The summed E-state index contributed by atoms with van der Waals surface area (Å²) < 4.78 is 13.2. The number of halogens is 1. The lowest BCUT2D eigenvalue weighted by atomic mass is 10.0. The van der Waals surface area contributed by atoms with Gasteiger partial charge in [0.1, 0.15) is 5.69 Å². The zero-order valence-corrected chi connectivity index (χ0v) is 15.6. The van der Waals surface area contributed by atoms with Crippen LogP contribution in [0.3, 0.4) is 0 Å². The van der Waals surface area contributed by atoms with Gasteiger partial charge in [-0.15, -0.1) is 0 Å². The van der Waals surface area contributed by atoms with Gasteiger partial charge in [0.15, 0.2) is 10.9 Å². The van der Waals surface area contributed by atoms with Crippen molar-refractivity contribution in [3.05, 3.63) is 78.5 Å². The highest BCUT2D eigenvalue weighted by atomic mass is 35.5. The fraction of sp³-hybridized carbons (Fsp3) is 0.250. The Morgan fingerprint density at radius 1 is 1.26 bits per heavy atom. The summed E-state index contributed by atoms with van der Waals surface area (Å²) in [5.74, 6) is 1.05. The molecule has 0 spiro atoms. The van der Waals surface area contributed by atoms with E-state index >= 15 is 0 Å². The van der Waals surface area contributed by atoms with Crippen LogP contribution in [0.1, 0.15) is 24.4 Å². The maximum absolute atomic E-state index is 6.85. The summed E-state index contributed by atoms with van der Waals surface area (Å²) in [6.45, 7) is 2.38. The number of hydrogen-bond acceptors (Lipinski definition) is 5. The van der Waals surface area contributed by atoms with E-state index in [4.69, 9.17) is 20.9 Å². The molecule has 0 saturated heterocycles. The highest BCUT2D eigenvalue weighted by Gasteiger charge is 2.37. The zero-order valence-electron chi connectivity index (χ0n) is 14.8. The van der Waals surface area contributed by atoms with Crippen molar-refractivity contribution in [3.8, 4) is 11.6 Å². The highest BCUT2D eigenvalue weighted by molar-refractivity contribution is 6.24. The summed E-state index contributed by atoms with van der Waals surface area (Å²) in [5, 5.41) is 2.89. The van der Waals surface area contributed by atoms with Crippen LogP contribution in [0.15, 0.2) is 71.7 Å². The van der Waals surface area contributed by atoms with E-state index in [9.17, 15) is 0 Å². The van der Waals surface area contributed by atoms with Gasteiger partial charge in [-0.1, -0.05) is 72.2 Å². The molecule has 2 atom stereocenters. The van der Waals surface area contributed by atoms with Crippen molar-refractivity contribution in [1.29, 1.82) is 0 Å². The van der Waals surface area contributed by atoms with Crippen molar-refractivity contribution in [3.63, 3.8) is 0 Å². The summed E-state index contributed by atoms with van der Waals surface area (Å²) in [7, 11) is 0. The number of alkyl halides is 1. The predicted octanol–water partition coefficient (Wildman–Crippen LogP) is 4.31. The first-order chi connectivity index (χ1) is 13.2. The van der Waals surface area contributed by atoms with Crippen LogP contribution in [-0.4, -0.2) is 24.8 Å². The first kappa shape index (κ1) is 17.7. The standard InChI is InChI=1S/C20H19ClN4O2/c1-2-18-23-19(27-24-18)16-12-25(14-22-16)17-10-6-7-11-20(17,21)26-13-15-8-4-3-5-9-15/h3-12,14,17H,2,13H2,1H3. The van der Waals surface area contributed by atoms with Crippen molar-refractivity contribution in [2.24, 2.45) is 0 Å². The second kappa shape index (κ2) is 7.50.